The van der Waals surface area contributed by atoms with Crippen LogP contribution in [0.5, 0.6) is 0 Å². The summed E-state index contributed by atoms with van der Waals surface area (Å²) in [6, 6.07) is 27.2. The molecule has 2 aliphatic rings. The molecule has 0 heterocycles. The van der Waals surface area contributed by atoms with Crippen molar-refractivity contribution in [3.05, 3.63) is 120 Å². The van der Waals surface area contributed by atoms with E-state index in [0.29, 0.717) is 0 Å². The Balaban J connectivity index is 0. The number of rotatable bonds is 16. The predicted octanol–water partition coefficient (Wildman–Crippen LogP) is 10.8. The minimum absolute atomic E-state index is 0. The minimum atomic E-state index is -0.0252. The second-order valence-corrected chi connectivity index (χ2v) is 22.6. The Kier molecular flexibility index (Phi) is 34.8. The van der Waals surface area contributed by atoms with E-state index in [1.807, 2.05) is 0 Å². The van der Waals surface area contributed by atoms with E-state index >= 15 is 0 Å². The maximum absolute atomic E-state index is 3.35. The van der Waals surface area contributed by atoms with Gasteiger partial charge in [-0.1, -0.05) is 136 Å². The van der Waals surface area contributed by atoms with Gasteiger partial charge in [-0.2, -0.15) is 24.3 Å². The maximum atomic E-state index is 3.35. The first-order valence-corrected chi connectivity index (χ1v) is 25.4. The molecule has 0 radical (unpaired) electrons. The van der Waals surface area contributed by atoms with Crippen LogP contribution in [0.3, 0.4) is 0 Å². The number of hydrogen-bond donors (Lipinski definition) is 0. The first-order chi connectivity index (χ1) is 27.0. The predicted molar refractivity (Wildman–Crippen MR) is 260 cm³/mol. The van der Waals surface area contributed by atoms with E-state index in [1.54, 1.807) is 10.6 Å². The van der Waals surface area contributed by atoms with Crippen molar-refractivity contribution in [2.24, 2.45) is 11.8 Å². The largest absolute Gasteiger partial charge is 2.00 e. The number of allylic oxidation sites excluding steroid dienone is 8. The molecule has 0 spiro atoms. The van der Waals surface area contributed by atoms with Crippen LogP contribution in [-0.2, 0) is 43.4 Å². The third kappa shape index (κ3) is 19.3. The average molecular weight is 956 g/mol. The Hall–Kier alpha value is -0.511. The van der Waals surface area contributed by atoms with Gasteiger partial charge in [0.15, 0.2) is 0 Å². The van der Waals surface area contributed by atoms with Crippen molar-refractivity contribution >= 4 is 48.0 Å². The topological polar surface area (TPSA) is 0 Å². The van der Waals surface area contributed by atoms with Crippen LogP contribution in [0.15, 0.2) is 108 Å². The first kappa shape index (κ1) is 61.6. The molecule has 6 unspecified atom stereocenters. The maximum Gasteiger partial charge on any atom is 2.00 e. The molecule has 60 heavy (non-hydrogen) atoms. The van der Waals surface area contributed by atoms with Crippen molar-refractivity contribution in [3.8, 4) is 0 Å². The molecular weight excluding hydrogens is 877 g/mol. The van der Waals surface area contributed by atoms with E-state index in [0.717, 1.165) is 47.3 Å². The molecule has 0 saturated heterocycles. The summed E-state index contributed by atoms with van der Waals surface area (Å²) in [7, 11) is -0.0504. The van der Waals surface area contributed by atoms with Gasteiger partial charge >= 0.3 is 43.4 Å². The number of halogens is 2. The van der Waals surface area contributed by atoms with Gasteiger partial charge in [0, 0.05) is 0 Å². The van der Waals surface area contributed by atoms with Gasteiger partial charge in [0.25, 0.3) is 0 Å². The van der Waals surface area contributed by atoms with Gasteiger partial charge in [0.2, 0.25) is 0 Å². The first-order valence-electron chi connectivity index (χ1n) is 22.4. The van der Waals surface area contributed by atoms with Crippen molar-refractivity contribution in [3.63, 3.8) is 0 Å². The molecule has 6 rings (SSSR count). The Labute approximate surface area is 415 Å². The van der Waals surface area contributed by atoms with Crippen LogP contribution in [-0.4, -0.2) is 22.6 Å². The van der Waals surface area contributed by atoms with Gasteiger partial charge in [-0.15, -0.1) is 93.5 Å². The molecule has 328 valence electrons. The van der Waals surface area contributed by atoms with Crippen molar-refractivity contribution in [2.45, 2.75) is 170 Å². The van der Waals surface area contributed by atoms with Crippen molar-refractivity contribution in [1.82, 2.24) is 0 Å². The number of benzene rings is 2. The number of hydrogen-bond acceptors (Lipinski definition) is 0. The molecule has 0 bridgehead atoms. The van der Waals surface area contributed by atoms with Gasteiger partial charge in [0.1, 0.15) is 0 Å². The summed E-state index contributed by atoms with van der Waals surface area (Å²) in [4.78, 5) is 0. The van der Waals surface area contributed by atoms with E-state index in [9.17, 15) is 0 Å². The van der Waals surface area contributed by atoms with E-state index < -0.39 is 0 Å². The molecule has 6 atom stereocenters. The number of fused-ring (bicyclic) bond motifs is 2. The Bertz CT molecular complexity index is 1600. The minimum Gasteiger partial charge on any atom is -1.00 e. The van der Waals surface area contributed by atoms with E-state index in [1.165, 1.54) is 84.1 Å². The Morgan fingerprint density at radius 3 is 1.08 bits per heavy atom. The van der Waals surface area contributed by atoms with Crippen LogP contribution in [0.2, 0.25) is 0 Å². The van der Waals surface area contributed by atoms with Crippen LogP contribution in [0.1, 0.15) is 147 Å². The Morgan fingerprint density at radius 2 is 0.833 bits per heavy atom. The fourth-order valence-electron chi connectivity index (χ4n) is 7.94. The van der Waals surface area contributed by atoms with Gasteiger partial charge in [-0.05, 0) is 61.2 Å². The quantitative estimate of drug-likeness (QED) is 0.0596. The summed E-state index contributed by atoms with van der Waals surface area (Å²) in [5.74, 6) is 1.45. The molecule has 0 N–H and O–H groups in total. The zero-order chi connectivity index (χ0) is 41.0. The van der Waals surface area contributed by atoms with Crippen LogP contribution < -0.4 is 35.4 Å². The fourth-order valence-corrected chi connectivity index (χ4v) is 14.4. The average Bonchev–Trinajstić information content (AvgIpc) is 4.06. The van der Waals surface area contributed by atoms with Gasteiger partial charge in [0.05, 0.1) is 0 Å². The molecule has 4 aromatic rings. The fraction of sp³-hybridized carbons (Fsp3) is 0.519. The van der Waals surface area contributed by atoms with E-state index in [2.05, 4.69) is 192 Å². The zero-order valence-corrected chi connectivity index (χ0v) is 45.8. The van der Waals surface area contributed by atoms with Gasteiger partial charge in [-0.25, -0.2) is 23.3 Å². The van der Waals surface area contributed by atoms with E-state index in [4.69, 9.17) is 0 Å². The SMILES string of the molecule is CCC(C)P(c1cc2ccccc2[cH-]1)C(C)CC.CCC(C)P(c1cc2ccccc2[cH-]1)C(C)CC.CCCC(C)C1=[C-]CC=C1.CCCC(C)C1=[C-]CC=C1.[Cl-].[Cl-].[Ti+2].[Ti+2]. The van der Waals surface area contributed by atoms with Crippen molar-refractivity contribution in [1.29, 1.82) is 0 Å². The van der Waals surface area contributed by atoms with Crippen LogP contribution in [0, 0.1) is 24.0 Å². The standard InChI is InChI=1S/2C17H24P.2C10H15.2ClH.2Ti/c2*1-5-13(3)18(14(4)6-2)17-11-15-9-7-8-10-16(15)12-17;2*1-3-6-9(2)10-7-4-5-8-10;;;;/h2*7-14H,5-6H2,1-4H3;2*4,7,9H,3,5-6H2,1-2H3;2*1H;;/q4*-1;;;2*+2/p-2. The molecule has 0 amide bonds. The summed E-state index contributed by atoms with van der Waals surface area (Å²) >= 11 is 0. The van der Waals surface area contributed by atoms with E-state index in [-0.39, 0.29) is 84.1 Å². The van der Waals surface area contributed by atoms with Gasteiger partial charge in [-0.3, -0.25) is 12.2 Å². The third-order valence-electron chi connectivity index (χ3n) is 12.0. The molecule has 0 aliphatic heterocycles. The Morgan fingerprint density at radius 1 is 0.517 bits per heavy atom. The van der Waals surface area contributed by atoms with Crippen LogP contribution >= 0.6 is 15.8 Å². The third-order valence-corrected chi connectivity index (χ3v) is 19.0. The summed E-state index contributed by atoms with van der Waals surface area (Å²) in [5.41, 5.74) is 6.14. The zero-order valence-electron chi connectivity index (χ0n) is 39.4. The summed E-state index contributed by atoms with van der Waals surface area (Å²) in [6.07, 6.45) is 27.8. The summed E-state index contributed by atoms with van der Waals surface area (Å²) in [6.45, 7) is 28.0. The normalized spacial score (nSPS) is 16.4. The molecule has 0 nitrogen and oxygen atoms in total. The molecule has 4 aromatic carbocycles. The second-order valence-electron chi connectivity index (χ2n) is 16.4. The van der Waals surface area contributed by atoms with Crippen LogP contribution in [0.25, 0.3) is 21.5 Å². The summed E-state index contributed by atoms with van der Waals surface area (Å²) in [5, 5.41) is 8.85. The summed E-state index contributed by atoms with van der Waals surface area (Å²) < 4.78 is 0. The molecular formula is C54H78Cl2P2Ti2-2. The van der Waals surface area contributed by atoms with Crippen molar-refractivity contribution in [2.75, 3.05) is 0 Å². The smallest absolute Gasteiger partial charge is 1.00 e. The van der Waals surface area contributed by atoms with Crippen molar-refractivity contribution < 1.29 is 68.2 Å². The molecule has 0 saturated carbocycles. The molecule has 6 heteroatoms. The monoisotopic (exact) mass is 954 g/mol. The molecule has 0 fully saturated rings. The second kappa shape index (κ2) is 33.9. The molecule has 2 aliphatic carbocycles. The van der Waals surface area contributed by atoms with Gasteiger partial charge < -0.3 is 24.8 Å². The molecule has 0 aromatic heterocycles. The van der Waals surface area contributed by atoms with Crippen LogP contribution in [0.4, 0.5) is 0 Å².